The van der Waals surface area contributed by atoms with Crippen molar-refractivity contribution in [3.05, 3.63) is 82.4 Å². The lowest BCUT2D eigenvalue weighted by molar-refractivity contribution is 0.0528. The summed E-state index contributed by atoms with van der Waals surface area (Å²) in [5.41, 5.74) is 1.71. The first-order chi connectivity index (χ1) is 13.6. The van der Waals surface area contributed by atoms with Gasteiger partial charge in [-0.25, -0.2) is 9.31 Å². The predicted octanol–water partition coefficient (Wildman–Crippen LogP) is 2.71. The molecule has 0 bridgehead atoms. The number of hydrogen-bond acceptors (Lipinski definition) is 5. The molecule has 1 aromatic carbocycles. The second kappa shape index (κ2) is 7.11. The molecule has 4 rings (SSSR count). The van der Waals surface area contributed by atoms with E-state index in [1.54, 1.807) is 55.6 Å². The SMILES string of the molecule is CCOC(=O)c1cnn2c1ccc1c(=O)n(CC(=O)c3ccccc3)ccc12. The highest BCUT2D eigenvalue weighted by Crippen LogP contribution is 2.18. The van der Waals surface area contributed by atoms with E-state index in [2.05, 4.69) is 5.10 Å². The Morgan fingerprint density at radius 2 is 1.82 bits per heavy atom. The van der Waals surface area contributed by atoms with E-state index in [0.717, 1.165) is 0 Å². The molecule has 3 aromatic heterocycles. The predicted molar refractivity (Wildman–Crippen MR) is 104 cm³/mol. The number of ketones is 1. The van der Waals surface area contributed by atoms with Gasteiger partial charge >= 0.3 is 5.97 Å². The molecule has 7 heteroatoms. The largest absolute Gasteiger partial charge is 0.462 e. The van der Waals surface area contributed by atoms with Crippen LogP contribution in [0.4, 0.5) is 0 Å². The van der Waals surface area contributed by atoms with E-state index in [1.165, 1.54) is 15.3 Å². The lowest BCUT2D eigenvalue weighted by atomic mass is 10.1. The molecule has 28 heavy (non-hydrogen) atoms. The Bertz CT molecular complexity index is 1260. The summed E-state index contributed by atoms with van der Waals surface area (Å²) < 4.78 is 7.95. The van der Waals surface area contributed by atoms with Crippen LogP contribution in [0.5, 0.6) is 0 Å². The molecular weight excluding hydrogens is 358 g/mol. The van der Waals surface area contributed by atoms with Crippen molar-refractivity contribution in [1.82, 2.24) is 14.2 Å². The second-order valence-corrected chi connectivity index (χ2v) is 6.25. The van der Waals surface area contributed by atoms with E-state index < -0.39 is 5.97 Å². The van der Waals surface area contributed by atoms with E-state index in [0.29, 0.717) is 27.5 Å². The molecule has 7 nitrogen and oxygen atoms in total. The van der Waals surface area contributed by atoms with Crippen molar-refractivity contribution in [1.29, 1.82) is 0 Å². The van der Waals surface area contributed by atoms with Crippen molar-refractivity contribution in [2.75, 3.05) is 6.61 Å². The van der Waals surface area contributed by atoms with Crippen LogP contribution in [0, 0.1) is 0 Å². The van der Waals surface area contributed by atoms with Gasteiger partial charge in [0.15, 0.2) is 5.78 Å². The van der Waals surface area contributed by atoms with E-state index >= 15 is 0 Å². The number of esters is 1. The average molecular weight is 375 g/mol. The number of nitrogens with zero attached hydrogens (tertiary/aromatic N) is 3. The summed E-state index contributed by atoms with van der Waals surface area (Å²) in [5.74, 6) is -0.606. The minimum absolute atomic E-state index is 0.0516. The van der Waals surface area contributed by atoms with Crippen LogP contribution < -0.4 is 5.56 Å². The first-order valence-corrected chi connectivity index (χ1v) is 8.85. The summed E-state index contributed by atoms with van der Waals surface area (Å²) in [4.78, 5) is 37.3. The fourth-order valence-corrected chi connectivity index (χ4v) is 3.16. The number of aromatic nitrogens is 3. The van der Waals surface area contributed by atoms with Crippen molar-refractivity contribution in [2.24, 2.45) is 0 Å². The monoisotopic (exact) mass is 375 g/mol. The van der Waals surface area contributed by atoms with E-state index in [4.69, 9.17) is 4.74 Å². The van der Waals surface area contributed by atoms with Crippen molar-refractivity contribution in [3.63, 3.8) is 0 Å². The zero-order valence-electron chi connectivity index (χ0n) is 15.2. The van der Waals surface area contributed by atoms with Crippen LogP contribution in [0.1, 0.15) is 27.6 Å². The molecule has 0 aliphatic carbocycles. The van der Waals surface area contributed by atoms with Gasteiger partial charge in [-0.3, -0.25) is 9.59 Å². The molecule has 0 aliphatic heterocycles. The molecule has 0 radical (unpaired) electrons. The molecule has 140 valence electrons. The Morgan fingerprint density at radius 3 is 2.57 bits per heavy atom. The van der Waals surface area contributed by atoms with Gasteiger partial charge in [0.1, 0.15) is 5.56 Å². The zero-order valence-corrected chi connectivity index (χ0v) is 15.2. The van der Waals surface area contributed by atoms with Crippen molar-refractivity contribution in [3.8, 4) is 0 Å². The summed E-state index contributed by atoms with van der Waals surface area (Å²) in [6.07, 6.45) is 2.99. The summed E-state index contributed by atoms with van der Waals surface area (Å²) >= 11 is 0. The van der Waals surface area contributed by atoms with Gasteiger partial charge in [0, 0.05) is 11.8 Å². The number of rotatable bonds is 5. The van der Waals surface area contributed by atoms with Gasteiger partial charge < -0.3 is 9.30 Å². The third kappa shape index (κ3) is 2.96. The van der Waals surface area contributed by atoms with Gasteiger partial charge in [0.2, 0.25) is 0 Å². The number of Topliss-reactive ketones (excluding diaryl/α,β-unsaturated/α-hetero) is 1. The molecule has 3 heterocycles. The Kier molecular flexibility index (Phi) is 4.49. The zero-order chi connectivity index (χ0) is 19.7. The Balaban J connectivity index is 1.76. The minimum Gasteiger partial charge on any atom is -0.462 e. The van der Waals surface area contributed by atoms with Gasteiger partial charge in [-0.05, 0) is 25.1 Å². The first kappa shape index (κ1) is 17.7. The highest BCUT2D eigenvalue weighted by atomic mass is 16.5. The number of ether oxygens (including phenoxy) is 1. The van der Waals surface area contributed by atoms with Crippen molar-refractivity contribution >= 4 is 28.2 Å². The molecule has 0 saturated carbocycles. The quantitative estimate of drug-likeness (QED) is 0.396. The number of hydrogen-bond donors (Lipinski definition) is 0. The van der Waals surface area contributed by atoms with Crippen molar-refractivity contribution in [2.45, 2.75) is 13.5 Å². The Morgan fingerprint density at radius 1 is 1.04 bits per heavy atom. The van der Waals surface area contributed by atoms with Crippen LogP contribution >= 0.6 is 0 Å². The second-order valence-electron chi connectivity index (χ2n) is 6.25. The molecular formula is C21H17N3O4. The maximum absolute atomic E-state index is 12.9. The Hall–Kier alpha value is -3.74. The van der Waals surface area contributed by atoms with Gasteiger partial charge in [-0.2, -0.15) is 5.10 Å². The van der Waals surface area contributed by atoms with Crippen LogP contribution in [-0.2, 0) is 11.3 Å². The summed E-state index contributed by atoms with van der Waals surface area (Å²) in [5, 5.41) is 4.64. The van der Waals surface area contributed by atoms with Crippen molar-refractivity contribution < 1.29 is 14.3 Å². The summed E-state index contributed by atoms with van der Waals surface area (Å²) in [6, 6.07) is 13.9. The lowest BCUT2D eigenvalue weighted by Crippen LogP contribution is -2.24. The molecule has 0 fully saturated rings. The average Bonchev–Trinajstić information content (AvgIpc) is 3.15. The third-order valence-electron chi connectivity index (χ3n) is 4.53. The molecule has 0 N–H and O–H groups in total. The summed E-state index contributed by atoms with van der Waals surface area (Å²) in [6.45, 7) is 1.95. The molecule has 0 spiro atoms. The van der Waals surface area contributed by atoms with Gasteiger partial charge in [-0.1, -0.05) is 30.3 Å². The molecule has 0 amide bonds. The van der Waals surface area contributed by atoms with Gasteiger partial charge in [0.05, 0.1) is 35.8 Å². The lowest BCUT2D eigenvalue weighted by Gasteiger charge is -2.08. The van der Waals surface area contributed by atoms with Gasteiger partial charge in [-0.15, -0.1) is 0 Å². The van der Waals surface area contributed by atoms with Gasteiger partial charge in [0.25, 0.3) is 5.56 Å². The maximum atomic E-state index is 12.9. The van der Waals surface area contributed by atoms with Crippen LogP contribution in [-0.4, -0.2) is 32.5 Å². The summed E-state index contributed by atoms with van der Waals surface area (Å²) in [7, 11) is 0. The third-order valence-corrected chi connectivity index (χ3v) is 4.53. The number of carbonyl (C=O) groups excluding carboxylic acids is 2. The number of benzene rings is 1. The molecule has 0 aliphatic rings. The van der Waals surface area contributed by atoms with Crippen LogP contribution in [0.25, 0.3) is 16.4 Å². The molecule has 0 unspecified atom stereocenters. The highest BCUT2D eigenvalue weighted by molar-refractivity contribution is 5.98. The minimum atomic E-state index is -0.460. The smallest absolute Gasteiger partial charge is 0.341 e. The standard InChI is InChI=1S/C21H17N3O4/c1-2-28-21(27)16-12-22-24-17(16)9-8-15-18(24)10-11-23(20(15)26)13-19(25)14-6-4-3-5-7-14/h3-12H,2,13H2,1H3. The Labute approximate surface area is 159 Å². The molecule has 0 saturated heterocycles. The first-order valence-electron chi connectivity index (χ1n) is 8.85. The van der Waals surface area contributed by atoms with Crippen LogP contribution in [0.15, 0.2) is 65.7 Å². The molecule has 4 aromatic rings. The fraction of sp³-hybridized carbons (Fsp3) is 0.143. The number of carbonyl (C=O) groups is 2. The normalized spacial score (nSPS) is 11.0. The van der Waals surface area contributed by atoms with E-state index in [-0.39, 0.29) is 24.5 Å². The number of fused-ring (bicyclic) bond motifs is 3. The van der Waals surface area contributed by atoms with Crippen LogP contribution in [0.3, 0.4) is 0 Å². The van der Waals surface area contributed by atoms with Crippen LogP contribution in [0.2, 0.25) is 0 Å². The molecule has 0 atom stereocenters. The topological polar surface area (TPSA) is 82.7 Å². The highest BCUT2D eigenvalue weighted by Gasteiger charge is 2.16. The van der Waals surface area contributed by atoms with E-state index in [9.17, 15) is 14.4 Å². The fourth-order valence-electron chi connectivity index (χ4n) is 3.16. The number of pyridine rings is 2. The maximum Gasteiger partial charge on any atom is 0.341 e. The van der Waals surface area contributed by atoms with E-state index in [1.807, 2.05) is 6.07 Å².